The molecule has 1 aliphatic rings. The number of hydrogen-bond acceptors (Lipinski definition) is 3. The van der Waals surface area contributed by atoms with Gasteiger partial charge in [-0.2, -0.15) is 0 Å². The lowest BCUT2D eigenvalue weighted by Crippen LogP contribution is -2.43. The van der Waals surface area contributed by atoms with E-state index in [1.165, 1.54) is 25.8 Å². The highest BCUT2D eigenvalue weighted by atomic mass is 15.1. The van der Waals surface area contributed by atoms with Gasteiger partial charge in [-0.15, -0.1) is 0 Å². The molecule has 0 amide bonds. The van der Waals surface area contributed by atoms with E-state index in [4.69, 9.17) is 0 Å². The van der Waals surface area contributed by atoms with Crippen molar-refractivity contribution in [3.05, 3.63) is 0 Å². The fraction of sp³-hybridized carbons (Fsp3) is 1.00. The second-order valence-corrected chi connectivity index (χ2v) is 4.93. The maximum absolute atomic E-state index is 3.55. The molecular formula is C12H27N3. The summed E-state index contributed by atoms with van der Waals surface area (Å²) in [6.45, 7) is 9.06. The van der Waals surface area contributed by atoms with Gasteiger partial charge in [0.15, 0.2) is 0 Å². The average molecular weight is 213 g/mol. The van der Waals surface area contributed by atoms with Crippen LogP contribution in [0.25, 0.3) is 0 Å². The van der Waals surface area contributed by atoms with E-state index in [1.54, 1.807) is 0 Å². The van der Waals surface area contributed by atoms with Gasteiger partial charge in [-0.05, 0) is 40.3 Å². The molecule has 1 heterocycles. The molecule has 1 saturated heterocycles. The molecule has 15 heavy (non-hydrogen) atoms. The molecule has 0 aliphatic carbocycles. The third-order valence-electron chi connectivity index (χ3n) is 3.33. The SMILES string of the molecule is CC(C)N(C)CCNCC1CCCCN1. The fourth-order valence-corrected chi connectivity index (χ4v) is 1.89. The summed E-state index contributed by atoms with van der Waals surface area (Å²) in [5.74, 6) is 0. The lowest BCUT2D eigenvalue weighted by Gasteiger charge is -2.25. The second-order valence-electron chi connectivity index (χ2n) is 4.93. The monoisotopic (exact) mass is 213 g/mol. The van der Waals surface area contributed by atoms with Crippen molar-refractivity contribution in [2.45, 2.75) is 45.2 Å². The molecule has 0 spiro atoms. The van der Waals surface area contributed by atoms with Crippen molar-refractivity contribution in [3.8, 4) is 0 Å². The molecule has 0 saturated carbocycles. The maximum Gasteiger partial charge on any atom is 0.0192 e. The Labute approximate surface area is 94.6 Å². The first-order valence-electron chi connectivity index (χ1n) is 6.34. The summed E-state index contributed by atoms with van der Waals surface area (Å²) in [5.41, 5.74) is 0. The van der Waals surface area contributed by atoms with Crippen molar-refractivity contribution in [2.24, 2.45) is 0 Å². The molecule has 0 aromatic carbocycles. The largest absolute Gasteiger partial charge is 0.314 e. The lowest BCUT2D eigenvalue weighted by molar-refractivity contribution is 0.270. The summed E-state index contributed by atoms with van der Waals surface area (Å²) in [7, 11) is 2.19. The van der Waals surface area contributed by atoms with Crippen molar-refractivity contribution in [3.63, 3.8) is 0 Å². The fourth-order valence-electron chi connectivity index (χ4n) is 1.89. The van der Waals surface area contributed by atoms with Crippen LogP contribution in [0.3, 0.4) is 0 Å². The van der Waals surface area contributed by atoms with Gasteiger partial charge in [-0.3, -0.25) is 0 Å². The van der Waals surface area contributed by atoms with Gasteiger partial charge in [0.05, 0.1) is 0 Å². The van der Waals surface area contributed by atoms with Crippen LogP contribution < -0.4 is 10.6 Å². The normalized spacial score (nSPS) is 22.6. The molecular weight excluding hydrogens is 186 g/mol. The van der Waals surface area contributed by atoms with Crippen LogP contribution in [0.5, 0.6) is 0 Å². The van der Waals surface area contributed by atoms with Crippen LogP contribution >= 0.6 is 0 Å². The van der Waals surface area contributed by atoms with Crippen molar-refractivity contribution in [1.29, 1.82) is 0 Å². The van der Waals surface area contributed by atoms with Crippen LogP contribution in [0.1, 0.15) is 33.1 Å². The number of nitrogens with zero attached hydrogens (tertiary/aromatic N) is 1. The van der Waals surface area contributed by atoms with Gasteiger partial charge in [-0.25, -0.2) is 0 Å². The Morgan fingerprint density at radius 2 is 2.20 bits per heavy atom. The van der Waals surface area contributed by atoms with Crippen LogP contribution in [-0.2, 0) is 0 Å². The predicted molar refractivity (Wildman–Crippen MR) is 66.3 cm³/mol. The molecule has 3 heteroatoms. The Morgan fingerprint density at radius 1 is 1.40 bits per heavy atom. The first-order chi connectivity index (χ1) is 7.20. The molecule has 0 aromatic heterocycles. The molecule has 1 atom stereocenters. The van der Waals surface area contributed by atoms with E-state index in [0.29, 0.717) is 12.1 Å². The molecule has 90 valence electrons. The van der Waals surface area contributed by atoms with E-state index in [0.717, 1.165) is 19.6 Å². The second kappa shape index (κ2) is 7.20. The van der Waals surface area contributed by atoms with Crippen molar-refractivity contribution in [1.82, 2.24) is 15.5 Å². The van der Waals surface area contributed by atoms with Crippen LogP contribution in [-0.4, -0.2) is 50.2 Å². The number of rotatable bonds is 6. The summed E-state index contributed by atoms with van der Waals surface area (Å²) in [6, 6.07) is 1.36. The van der Waals surface area contributed by atoms with Crippen LogP contribution in [0, 0.1) is 0 Å². The molecule has 1 aliphatic heterocycles. The number of piperidine rings is 1. The highest BCUT2D eigenvalue weighted by Gasteiger charge is 2.11. The van der Waals surface area contributed by atoms with Crippen molar-refractivity contribution >= 4 is 0 Å². The zero-order valence-corrected chi connectivity index (χ0v) is 10.6. The first kappa shape index (κ1) is 12.9. The minimum atomic E-state index is 0.652. The Hall–Kier alpha value is -0.120. The number of nitrogens with one attached hydrogen (secondary N) is 2. The van der Waals surface area contributed by atoms with Gasteiger partial charge in [-0.1, -0.05) is 6.42 Å². The van der Waals surface area contributed by atoms with Crippen LogP contribution in [0.4, 0.5) is 0 Å². The zero-order valence-electron chi connectivity index (χ0n) is 10.6. The highest BCUT2D eigenvalue weighted by molar-refractivity contribution is 4.74. The van der Waals surface area contributed by atoms with Gasteiger partial charge >= 0.3 is 0 Å². The molecule has 1 rings (SSSR count). The van der Waals surface area contributed by atoms with Gasteiger partial charge in [0.1, 0.15) is 0 Å². The van der Waals surface area contributed by atoms with Crippen LogP contribution in [0.2, 0.25) is 0 Å². The number of hydrogen-bond donors (Lipinski definition) is 2. The summed E-state index contributed by atoms with van der Waals surface area (Å²) >= 11 is 0. The summed E-state index contributed by atoms with van der Waals surface area (Å²) < 4.78 is 0. The van der Waals surface area contributed by atoms with Crippen molar-refractivity contribution < 1.29 is 0 Å². The van der Waals surface area contributed by atoms with Gasteiger partial charge in [0.25, 0.3) is 0 Å². The summed E-state index contributed by atoms with van der Waals surface area (Å²) in [6.07, 6.45) is 4.09. The Morgan fingerprint density at radius 3 is 2.80 bits per heavy atom. The predicted octanol–water partition coefficient (Wildman–Crippen LogP) is 1.06. The van der Waals surface area contributed by atoms with E-state index in [2.05, 4.69) is 36.4 Å². The Kier molecular flexibility index (Phi) is 6.22. The zero-order chi connectivity index (χ0) is 11.1. The summed E-state index contributed by atoms with van der Waals surface area (Å²) in [4.78, 5) is 2.38. The topological polar surface area (TPSA) is 27.3 Å². The highest BCUT2D eigenvalue weighted by Crippen LogP contribution is 2.05. The molecule has 2 N–H and O–H groups in total. The third-order valence-corrected chi connectivity index (χ3v) is 3.33. The molecule has 0 aromatic rings. The van der Waals surface area contributed by atoms with E-state index in [-0.39, 0.29) is 0 Å². The van der Waals surface area contributed by atoms with E-state index < -0.39 is 0 Å². The summed E-state index contributed by atoms with van der Waals surface area (Å²) in [5, 5.41) is 7.09. The first-order valence-corrected chi connectivity index (χ1v) is 6.34. The lowest BCUT2D eigenvalue weighted by atomic mass is 10.1. The Bertz CT molecular complexity index is 153. The van der Waals surface area contributed by atoms with E-state index >= 15 is 0 Å². The minimum Gasteiger partial charge on any atom is -0.314 e. The van der Waals surface area contributed by atoms with Crippen LogP contribution in [0.15, 0.2) is 0 Å². The van der Waals surface area contributed by atoms with E-state index in [9.17, 15) is 0 Å². The Balaban J connectivity index is 1.96. The molecule has 0 radical (unpaired) electrons. The number of likely N-dealkylation sites (N-methyl/N-ethyl adjacent to an activating group) is 1. The van der Waals surface area contributed by atoms with Gasteiger partial charge in [0, 0.05) is 31.7 Å². The van der Waals surface area contributed by atoms with Gasteiger partial charge in [0.2, 0.25) is 0 Å². The molecule has 1 fully saturated rings. The molecule has 0 bridgehead atoms. The average Bonchev–Trinajstić information content (AvgIpc) is 2.25. The van der Waals surface area contributed by atoms with Gasteiger partial charge < -0.3 is 15.5 Å². The van der Waals surface area contributed by atoms with Crippen molar-refractivity contribution in [2.75, 3.05) is 33.2 Å². The maximum atomic E-state index is 3.55. The third kappa shape index (κ3) is 5.50. The standard InChI is InChI=1S/C12H27N3/c1-11(2)15(3)9-8-13-10-12-6-4-5-7-14-12/h11-14H,4-10H2,1-3H3. The smallest absolute Gasteiger partial charge is 0.0192 e. The minimum absolute atomic E-state index is 0.652. The quantitative estimate of drug-likeness (QED) is 0.646. The molecule has 3 nitrogen and oxygen atoms in total. The van der Waals surface area contributed by atoms with E-state index in [1.807, 2.05) is 0 Å². The molecule has 1 unspecified atom stereocenters.